The smallest absolute Gasteiger partial charge is 0.137 e. The van der Waals surface area contributed by atoms with Gasteiger partial charge in [-0.25, -0.2) is 4.39 Å². The maximum Gasteiger partial charge on any atom is 0.137 e. The number of rotatable bonds is 3. The largest absolute Gasteiger partial charge is 0.381 e. The average Bonchev–Trinajstić information content (AvgIpc) is 2.36. The van der Waals surface area contributed by atoms with E-state index in [-0.39, 0.29) is 11.9 Å². The minimum Gasteiger partial charge on any atom is -0.381 e. The lowest BCUT2D eigenvalue weighted by Crippen LogP contribution is -2.37. The molecule has 1 fully saturated rings. The predicted octanol–water partition coefficient (Wildman–Crippen LogP) is 2.88. The van der Waals surface area contributed by atoms with Gasteiger partial charge >= 0.3 is 0 Å². The van der Waals surface area contributed by atoms with E-state index < -0.39 is 0 Å². The molecule has 94 valence electrons. The predicted molar refractivity (Wildman–Crippen MR) is 69.3 cm³/mol. The maximum atomic E-state index is 13.4. The first-order valence-corrected chi connectivity index (χ1v) is 6.74. The summed E-state index contributed by atoms with van der Waals surface area (Å²) in [5.74, 6) is 0.161. The minimum absolute atomic E-state index is 0.0356. The fourth-order valence-electron chi connectivity index (χ4n) is 2.23. The first-order chi connectivity index (χ1) is 8.18. The molecular formula is C13H17BrFNO. The second-order valence-electron chi connectivity index (χ2n) is 4.56. The maximum absolute atomic E-state index is 13.4. The highest BCUT2D eigenvalue weighted by Gasteiger charge is 2.22. The molecule has 0 saturated carbocycles. The Morgan fingerprint density at radius 1 is 1.53 bits per heavy atom. The molecule has 0 spiro atoms. The van der Waals surface area contributed by atoms with Crippen molar-refractivity contribution in [1.29, 1.82) is 0 Å². The molecule has 17 heavy (non-hydrogen) atoms. The third-order valence-electron chi connectivity index (χ3n) is 3.29. The summed E-state index contributed by atoms with van der Waals surface area (Å²) in [5, 5.41) is 0. The lowest BCUT2D eigenvalue weighted by Gasteiger charge is -2.27. The molecule has 1 aliphatic heterocycles. The summed E-state index contributed by atoms with van der Waals surface area (Å²) in [5.41, 5.74) is 7.11. The summed E-state index contributed by atoms with van der Waals surface area (Å²) < 4.78 is 19.3. The van der Waals surface area contributed by atoms with Crippen molar-refractivity contribution in [3.8, 4) is 0 Å². The van der Waals surface area contributed by atoms with Gasteiger partial charge in [-0.1, -0.05) is 12.1 Å². The lowest BCUT2D eigenvalue weighted by atomic mass is 9.90. The quantitative estimate of drug-likeness (QED) is 0.932. The minimum atomic E-state index is -0.227. The molecule has 1 saturated heterocycles. The van der Waals surface area contributed by atoms with E-state index in [0.29, 0.717) is 16.8 Å². The number of halogens is 2. The lowest BCUT2D eigenvalue weighted by molar-refractivity contribution is 0.0450. The fourth-order valence-corrected chi connectivity index (χ4v) is 2.66. The first-order valence-electron chi connectivity index (χ1n) is 5.94. The van der Waals surface area contributed by atoms with Crippen molar-refractivity contribution in [2.75, 3.05) is 13.2 Å². The first kappa shape index (κ1) is 13.0. The van der Waals surface area contributed by atoms with Crippen molar-refractivity contribution in [2.45, 2.75) is 25.3 Å². The SMILES string of the molecule is NC(Cc1cccc(F)c1Br)C1CCCOC1. The molecule has 2 unspecified atom stereocenters. The summed E-state index contributed by atoms with van der Waals surface area (Å²) in [6.07, 6.45) is 2.86. The van der Waals surface area contributed by atoms with Crippen LogP contribution in [0, 0.1) is 11.7 Å². The van der Waals surface area contributed by atoms with Crippen molar-refractivity contribution in [2.24, 2.45) is 11.7 Å². The van der Waals surface area contributed by atoms with Crippen molar-refractivity contribution in [1.82, 2.24) is 0 Å². The van der Waals surface area contributed by atoms with E-state index in [4.69, 9.17) is 10.5 Å². The third-order valence-corrected chi connectivity index (χ3v) is 4.18. The molecule has 0 aliphatic carbocycles. The highest BCUT2D eigenvalue weighted by Crippen LogP contribution is 2.24. The normalized spacial score (nSPS) is 22.4. The van der Waals surface area contributed by atoms with Crippen LogP contribution in [-0.4, -0.2) is 19.3 Å². The monoisotopic (exact) mass is 301 g/mol. The number of hydrogen-bond acceptors (Lipinski definition) is 2. The number of hydrogen-bond donors (Lipinski definition) is 1. The van der Waals surface area contributed by atoms with E-state index in [1.807, 2.05) is 6.07 Å². The molecule has 1 aromatic rings. The fraction of sp³-hybridized carbons (Fsp3) is 0.538. The van der Waals surface area contributed by atoms with E-state index in [1.54, 1.807) is 6.07 Å². The van der Waals surface area contributed by atoms with Crippen molar-refractivity contribution in [3.05, 3.63) is 34.1 Å². The van der Waals surface area contributed by atoms with Crippen LogP contribution in [0.1, 0.15) is 18.4 Å². The topological polar surface area (TPSA) is 35.2 Å². The van der Waals surface area contributed by atoms with Gasteiger partial charge in [-0.15, -0.1) is 0 Å². The van der Waals surface area contributed by atoms with Crippen LogP contribution in [0.25, 0.3) is 0 Å². The molecule has 1 heterocycles. The van der Waals surface area contributed by atoms with E-state index >= 15 is 0 Å². The molecule has 2 rings (SSSR count). The molecule has 0 amide bonds. The highest BCUT2D eigenvalue weighted by molar-refractivity contribution is 9.10. The van der Waals surface area contributed by atoms with Crippen LogP contribution in [0.4, 0.5) is 4.39 Å². The summed E-state index contributed by atoms with van der Waals surface area (Å²) >= 11 is 3.27. The van der Waals surface area contributed by atoms with Crippen LogP contribution in [-0.2, 0) is 11.2 Å². The van der Waals surface area contributed by atoms with Gasteiger partial charge in [-0.3, -0.25) is 0 Å². The third kappa shape index (κ3) is 3.27. The summed E-state index contributed by atoms with van der Waals surface area (Å²) in [4.78, 5) is 0. The second-order valence-corrected chi connectivity index (χ2v) is 5.35. The van der Waals surface area contributed by atoms with Gasteiger partial charge in [-0.05, 0) is 52.7 Å². The summed E-state index contributed by atoms with van der Waals surface area (Å²) in [6.45, 7) is 1.57. The van der Waals surface area contributed by atoms with E-state index in [1.165, 1.54) is 6.07 Å². The Balaban J connectivity index is 2.01. The zero-order valence-corrected chi connectivity index (χ0v) is 11.2. The molecular weight excluding hydrogens is 285 g/mol. The Hall–Kier alpha value is -0.450. The molecule has 2 nitrogen and oxygen atoms in total. The highest BCUT2D eigenvalue weighted by atomic mass is 79.9. The van der Waals surface area contributed by atoms with Crippen molar-refractivity contribution < 1.29 is 9.13 Å². The Labute approximate surface area is 109 Å². The Bertz CT molecular complexity index is 380. The zero-order valence-electron chi connectivity index (χ0n) is 9.66. The molecule has 1 aliphatic rings. The molecule has 4 heteroatoms. The van der Waals surface area contributed by atoms with Crippen LogP contribution >= 0.6 is 15.9 Å². The van der Waals surface area contributed by atoms with Crippen LogP contribution in [0.15, 0.2) is 22.7 Å². The van der Waals surface area contributed by atoms with Gasteiger partial charge in [0, 0.05) is 12.6 Å². The number of ether oxygens (including phenoxy) is 1. The van der Waals surface area contributed by atoms with E-state index in [0.717, 1.165) is 31.6 Å². The van der Waals surface area contributed by atoms with Crippen molar-refractivity contribution in [3.63, 3.8) is 0 Å². The Morgan fingerprint density at radius 2 is 2.35 bits per heavy atom. The molecule has 0 radical (unpaired) electrons. The van der Waals surface area contributed by atoms with Crippen LogP contribution in [0.3, 0.4) is 0 Å². The van der Waals surface area contributed by atoms with Gasteiger partial charge in [0.2, 0.25) is 0 Å². The molecule has 0 bridgehead atoms. The second kappa shape index (κ2) is 5.94. The van der Waals surface area contributed by atoms with Crippen molar-refractivity contribution >= 4 is 15.9 Å². The van der Waals surface area contributed by atoms with Crippen LogP contribution in [0.5, 0.6) is 0 Å². The van der Waals surface area contributed by atoms with Gasteiger partial charge in [0.1, 0.15) is 5.82 Å². The number of benzene rings is 1. The van der Waals surface area contributed by atoms with Gasteiger partial charge in [0.25, 0.3) is 0 Å². The van der Waals surface area contributed by atoms with E-state index in [2.05, 4.69) is 15.9 Å². The van der Waals surface area contributed by atoms with Gasteiger partial charge in [0.15, 0.2) is 0 Å². The summed E-state index contributed by atoms with van der Waals surface area (Å²) in [6, 6.07) is 5.12. The van der Waals surface area contributed by atoms with Gasteiger partial charge < -0.3 is 10.5 Å². The zero-order chi connectivity index (χ0) is 12.3. The molecule has 2 atom stereocenters. The van der Waals surface area contributed by atoms with Crippen LogP contribution < -0.4 is 5.73 Å². The number of nitrogens with two attached hydrogens (primary N) is 1. The van der Waals surface area contributed by atoms with Crippen LogP contribution in [0.2, 0.25) is 0 Å². The average molecular weight is 302 g/mol. The Morgan fingerprint density at radius 3 is 3.06 bits per heavy atom. The molecule has 0 aromatic heterocycles. The standard InChI is InChI=1S/C13H17BrFNO/c14-13-9(3-1-5-11(13)15)7-12(16)10-4-2-6-17-8-10/h1,3,5,10,12H,2,4,6-8,16H2. The molecule has 2 N–H and O–H groups in total. The molecule has 1 aromatic carbocycles. The van der Waals surface area contributed by atoms with E-state index in [9.17, 15) is 4.39 Å². The van der Waals surface area contributed by atoms with Gasteiger partial charge in [0.05, 0.1) is 11.1 Å². The summed E-state index contributed by atoms with van der Waals surface area (Å²) in [7, 11) is 0. The Kier molecular flexibility index (Phi) is 4.54. The van der Waals surface area contributed by atoms with Gasteiger partial charge in [-0.2, -0.15) is 0 Å².